The number of aryl methyl sites for hydroxylation is 1. The largest absolute Gasteiger partial charge is 0.482 e. The van der Waals surface area contributed by atoms with Gasteiger partial charge < -0.3 is 19.6 Å². The highest BCUT2D eigenvalue weighted by Gasteiger charge is 2.12. The van der Waals surface area contributed by atoms with Crippen LogP contribution < -0.4 is 4.74 Å². The van der Waals surface area contributed by atoms with Gasteiger partial charge in [0.2, 0.25) is 0 Å². The van der Waals surface area contributed by atoms with Gasteiger partial charge in [-0.05, 0) is 44.1 Å². The maximum absolute atomic E-state index is 10.4. The molecule has 0 amide bonds. The normalized spacial score (nSPS) is 16.8. The van der Waals surface area contributed by atoms with Crippen LogP contribution in [0.25, 0.3) is 0 Å². The number of nitrogens with zero attached hydrogens (tertiary/aromatic N) is 2. The minimum absolute atomic E-state index is 0.289. The van der Waals surface area contributed by atoms with Gasteiger partial charge in [0.25, 0.3) is 0 Å². The fourth-order valence-electron chi connectivity index (χ4n) is 2.48. The van der Waals surface area contributed by atoms with Gasteiger partial charge in [0, 0.05) is 26.2 Å². The Kier molecular flexibility index (Phi) is 6.02. The summed E-state index contributed by atoms with van der Waals surface area (Å²) in [5, 5.41) is 8.55. The topological polar surface area (TPSA) is 53.0 Å². The lowest BCUT2D eigenvalue weighted by molar-refractivity contribution is -0.139. The first-order chi connectivity index (χ1) is 10.1. The number of aliphatic carboxylic acids is 1. The molecule has 0 radical (unpaired) electrons. The van der Waals surface area contributed by atoms with Crippen LogP contribution in [0.1, 0.15) is 12.0 Å². The molecular formula is C16H24N2O3. The predicted octanol–water partition coefficient (Wildman–Crippen LogP) is 1.33. The molecule has 1 aliphatic rings. The van der Waals surface area contributed by atoms with Gasteiger partial charge in [-0.3, -0.25) is 0 Å². The lowest BCUT2D eigenvalue weighted by atomic mass is 10.1. The first kappa shape index (κ1) is 15.8. The van der Waals surface area contributed by atoms with Gasteiger partial charge in [0.1, 0.15) is 5.75 Å². The van der Waals surface area contributed by atoms with Crippen molar-refractivity contribution in [1.82, 2.24) is 9.80 Å². The van der Waals surface area contributed by atoms with Crippen molar-refractivity contribution in [1.29, 1.82) is 0 Å². The molecule has 116 valence electrons. The van der Waals surface area contributed by atoms with E-state index in [4.69, 9.17) is 9.84 Å². The number of carboxylic acids is 1. The Morgan fingerprint density at radius 3 is 2.48 bits per heavy atom. The van der Waals surface area contributed by atoms with Gasteiger partial charge in [-0.15, -0.1) is 0 Å². The van der Waals surface area contributed by atoms with E-state index in [9.17, 15) is 4.79 Å². The lowest BCUT2D eigenvalue weighted by Crippen LogP contribution is -2.44. The zero-order chi connectivity index (χ0) is 15.1. The number of benzene rings is 1. The Hall–Kier alpha value is -1.59. The van der Waals surface area contributed by atoms with Crippen molar-refractivity contribution in [3.8, 4) is 5.75 Å². The van der Waals surface area contributed by atoms with Crippen LogP contribution in [0.2, 0.25) is 0 Å². The number of piperazine rings is 1. The average molecular weight is 292 g/mol. The van der Waals surface area contributed by atoms with E-state index in [0.29, 0.717) is 5.75 Å². The van der Waals surface area contributed by atoms with Gasteiger partial charge in [-0.1, -0.05) is 12.1 Å². The fourth-order valence-corrected chi connectivity index (χ4v) is 2.48. The van der Waals surface area contributed by atoms with Crippen molar-refractivity contribution >= 4 is 5.97 Å². The highest BCUT2D eigenvalue weighted by Crippen LogP contribution is 2.13. The van der Waals surface area contributed by atoms with Crippen LogP contribution in [0.3, 0.4) is 0 Å². The monoisotopic (exact) mass is 292 g/mol. The maximum atomic E-state index is 10.4. The Labute approximate surface area is 126 Å². The molecule has 5 heteroatoms. The summed E-state index contributed by atoms with van der Waals surface area (Å²) >= 11 is 0. The van der Waals surface area contributed by atoms with Crippen molar-refractivity contribution in [2.24, 2.45) is 0 Å². The molecule has 21 heavy (non-hydrogen) atoms. The second-order valence-electron chi connectivity index (χ2n) is 5.57. The molecule has 0 atom stereocenters. The van der Waals surface area contributed by atoms with E-state index < -0.39 is 5.97 Å². The van der Waals surface area contributed by atoms with Crippen LogP contribution in [-0.4, -0.2) is 67.3 Å². The SMILES string of the molecule is CN1CCN(CCCc2ccc(OCC(=O)O)cc2)CC1. The molecular weight excluding hydrogens is 268 g/mol. The average Bonchev–Trinajstić information content (AvgIpc) is 2.48. The van der Waals surface area contributed by atoms with E-state index in [-0.39, 0.29) is 6.61 Å². The van der Waals surface area contributed by atoms with E-state index in [1.54, 1.807) is 0 Å². The molecule has 1 aliphatic heterocycles. The Morgan fingerprint density at radius 2 is 1.86 bits per heavy atom. The smallest absolute Gasteiger partial charge is 0.341 e. The summed E-state index contributed by atoms with van der Waals surface area (Å²) in [6.07, 6.45) is 2.20. The summed E-state index contributed by atoms with van der Waals surface area (Å²) in [6.45, 7) is 5.51. The number of carboxylic acid groups (broad SMARTS) is 1. The first-order valence-corrected chi connectivity index (χ1v) is 7.48. The van der Waals surface area contributed by atoms with Crippen LogP contribution in [0.4, 0.5) is 0 Å². The van der Waals surface area contributed by atoms with Crippen molar-refractivity contribution in [3.05, 3.63) is 29.8 Å². The predicted molar refractivity (Wildman–Crippen MR) is 81.8 cm³/mol. The maximum Gasteiger partial charge on any atom is 0.341 e. The molecule has 0 aliphatic carbocycles. The van der Waals surface area contributed by atoms with E-state index in [2.05, 4.69) is 16.8 Å². The van der Waals surface area contributed by atoms with Crippen LogP contribution in [0, 0.1) is 0 Å². The van der Waals surface area contributed by atoms with Crippen molar-refractivity contribution < 1.29 is 14.6 Å². The molecule has 0 bridgehead atoms. The number of likely N-dealkylation sites (N-methyl/N-ethyl adjacent to an activating group) is 1. The minimum atomic E-state index is -0.953. The Balaban J connectivity index is 1.67. The van der Waals surface area contributed by atoms with Gasteiger partial charge in [0.15, 0.2) is 6.61 Å². The lowest BCUT2D eigenvalue weighted by Gasteiger charge is -2.32. The minimum Gasteiger partial charge on any atom is -0.482 e. The summed E-state index contributed by atoms with van der Waals surface area (Å²) < 4.78 is 5.12. The molecule has 5 nitrogen and oxygen atoms in total. The first-order valence-electron chi connectivity index (χ1n) is 7.48. The van der Waals surface area contributed by atoms with Crippen molar-refractivity contribution in [2.45, 2.75) is 12.8 Å². The van der Waals surface area contributed by atoms with Crippen molar-refractivity contribution in [2.75, 3.05) is 46.4 Å². The fraction of sp³-hybridized carbons (Fsp3) is 0.562. The number of ether oxygens (including phenoxy) is 1. The molecule has 1 fully saturated rings. The molecule has 1 N–H and O–H groups in total. The van der Waals surface area contributed by atoms with Gasteiger partial charge in [-0.2, -0.15) is 0 Å². The number of hydrogen-bond acceptors (Lipinski definition) is 4. The molecule has 1 aromatic rings. The summed E-state index contributed by atoms with van der Waals surface area (Å²) in [5.74, 6) is -0.341. The van der Waals surface area contributed by atoms with Gasteiger partial charge >= 0.3 is 5.97 Å². The third kappa shape index (κ3) is 5.73. The summed E-state index contributed by atoms with van der Waals surface area (Å²) in [6, 6.07) is 7.71. The molecule has 0 aromatic heterocycles. The van der Waals surface area contributed by atoms with Crippen LogP contribution in [-0.2, 0) is 11.2 Å². The Bertz CT molecular complexity index is 439. The number of carbonyl (C=O) groups is 1. The van der Waals surface area contributed by atoms with E-state index in [1.165, 1.54) is 18.7 Å². The van der Waals surface area contributed by atoms with E-state index in [1.807, 2.05) is 24.3 Å². The molecule has 1 heterocycles. The highest BCUT2D eigenvalue weighted by atomic mass is 16.5. The number of rotatable bonds is 7. The molecule has 0 saturated carbocycles. The van der Waals surface area contributed by atoms with Crippen LogP contribution in [0.15, 0.2) is 24.3 Å². The van der Waals surface area contributed by atoms with Crippen LogP contribution >= 0.6 is 0 Å². The van der Waals surface area contributed by atoms with Crippen LogP contribution in [0.5, 0.6) is 5.75 Å². The zero-order valence-corrected chi connectivity index (χ0v) is 12.6. The second-order valence-corrected chi connectivity index (χ2v) is 5.57. The van der Waals surface area contributed by atoms with E-state index in [0.717, 1.165) is 32.5 Å². The zero-order valence-electron chi connectivity index (χ0n) is 12.6. The summed E-state index contributed by atoms with van der Waals surface area (Å²) in [4.78, 5) is 15.3. The third-order valence-corrected chi connectivity index (χ3v) is 3.82. The standard InChI is InChI=1S/C16H24N2O3/c1-17-9-11-18(12-10-17)8-2-3-14-4-6-15(7-5-14)21-13-16(19)20/h4-7H,2-3,8-13H2,1H3,(H,19,20). The molecule has 0 unspecified atom stereocenters. The molecule has 2 rings (SSSR count). The summed E-state index contributed by atoms with van der Waals surface area (Å²) in [7, 11) is 2.17. The number of hydrogen-bond donors (Lipinski definition) is 1. The second kappa shape index (κ2) is 8.00. The third-order valence-electron chi connectivity index (χ3n) is 3.82. The van der Waals surface area contributed by atoms with E-state index >= 15 is 0 Å². The molecule has 0 spiro atoms. The molecule has 1 aromatic carbocycles. The van der Waals surface area contributed by atoms with Gasteiger partial charge in [-0.25, -0.2) is 4.79 Å². The highest BCUT2D eigenvalue weighted by molar-refractivity contribution is 5.68. The molecule has 1 saturated heterocycles. The van der Waals surface area contributed by atoms with Gasteiger partial charge in [0.05, 0.1) is 0 Å². The Morgan fingerprint density at radius 1 is 1.19 bits per heavy atom. The van der Waals surface area contributed by atoms with Crippen molar-refractivity contribution in [3.63, 3.8) is 0 Å². The summed E-state index contributed by atoms with van der Waals surface area (Å²) in [5.41, 5.74) is 1.27. The quantitative estimate of drug-likeness (QED) is 0.821.